The third-order valence-electron chi connectivity index (χ3n) is 4.99. The summed E-state index contributed by atoms with van der Waals surface area (Å²) in [5.41, 5.74) is 1.00. The zero-order valence-corrected chi connectivity index (χ0v) is 18.7. The predicted molar refractivity (Wildman–Crippen MR) is 117 cm³/mol. The van der Waals surface area contributed by atoms with Gasteiger partial charge in [-0.3, -0.25) is 4.57 Å². The van der Waals surface area contributed by atoms with E-state index in [0.717, 1.165) is 47.0 Å². The standard InChI is InChI=1S/C20H25N5O3S2/c1-23(2)30(26,27)18-12-11-17(28-18)15-29-20-22-21-19(24-13-7-4-8-14-24)25(20)16-9-5-3-6-10-16/h3,5-6,9-12H,4,7-8,13-15H2,1-2H3. The Hall–Kier alpha value is -2.30. The van der Waals surface area contributed by atoms with E-state index >= 15 is 0 Å². The molecule has 1 aromatic carbocycles. The van der Waals surface area contributed by atoms with Crippen LogP contribution in [0.2, 0.25) is 0 Å². The molecule has 0 bridgehead atoms. The van der Waals surface area contributed by atoms with Crippen molar-refractivity contribution in [3.8, 4) is 5.69 Å². The van der Waals surface area contributed by atoms with Crippen molar-refractivity contribution in [2.45, 2.75) is 35.3 Å². The van der Waals surface area contributed by atoms with Gasteiger partial charge in [0.25, 0.3) is 10.0 Å². The topological polar surface area (TPSA) is 84.5 Å². The number of piperidine rings is 1. The number of furan rings is 1. The van der Waals surface area contributed by atoms with Crippen LogP contribution < -0.4 is 4.90 Å². The van der Waals surface area contributed by atoms with Gasteiger partial charge in [0.15, 0.2) is 5.16 Å². The molecule has 0 atom stereocenters. The molecule has 2 aromatic heterocycles. The number of para-hydroxylation sites is 1. The number of thioether (sulfide) groups is 1. The normalized spacial score (nSPS) is 15.1. The molecular formula is C20H25N5O3S2. The minimum atomic E-state index is -3.58. The molecule has 1 saturated heterocycles. The van der Waals surface area contributed by atoms with Gasteiger partial charge in [0.1, 0.15) is 5.76 Å². The zero-order valence-electron chi connectivity index (χ0n) is 17.1. The maximum absolute atomic E-state index is 12.2. The molecule has 0 amide bonds. The van der Waals surface area contributed by atoms with Crippen LogP contribution in [0.1, 0.15) is 25.0 Å². The molecule has 1 aliphatic heterocycles. The van der Waals surface area contributed by atoms with Gasteiger partial charge in [-0.1, -0.05) is 30.0 Å². The lowest BCUT2D eigenvalue weighted by molar-refractivity contribution is 0.408. The minimum absolute atomic E-state index is 0.0540. The van der Waals surface area contributed by atoms with Crippen molar-refractivity contribution >= 4 is 27.7 Å². The Morgan fingerprint density at radius 3 is 2.47 bits per heavy atom. The van der Waals surface area contributed by atoms with Gasteiger partial charge >= 0.3 is 0 Å². The smallest absolute Gasteiger partial charge is 0.275 e. The molecule has 10 heteroatoms. The number of sulfonamides is 1. The summed E-state index contributed by atoms with van der Waals surface area (Å²) < 4.78 is 33.2. The van der Waals surface area contributed by atoms with Crippen molar-refractivity contribution < 1.29 is 12.8 Å². The Bertz CT molecular complexity index is 1090. The Morgan fingerprint density at radius 2 is 1.77 bits per heavy atom. The molecule has 1 aliphatic rings. The van der Waals surface area contributed by atoms with Crippen LogP contribution in [-0.4, -0.2) is 54.7 Å². The first-order chi connectivity index (χ1) is 14.5. The Morgan fingerprint density at radius 1 is 1.03 bits per heavy atom. The van der Waals surface area contributed by atoms with Gasteiger partial charge in [-0.25, -0.2) is 12.7 Å². The Kier molecular flexibility index (Phi) is 6.16. The van der Waals surface area contributed by atoms with E-state index in [2.05, 4.69) is 19.7 Å². The summed E-state index contributed by atoms with van der Waals surface area (Å²) in [6.45, 7) is 1.94. The quantitative estimate of drug-likeness (QED) is 0.513. The number of hydrogen-bond donors (Lipinski definition) is 0. The van der Waals surface area contributed by atoms with Crippen molar-refractivity contribution in [1.82, 2.24) is 19.1 Å². The molecule has 0 aliphatic carbocycles. The maximum Gasteiger partial charge on any atom is 0.275 e. The van der Waals surface area contributed by atoms with Gasteiger partial charge in [-0.2, -0.15) is 0 Å². The monoisotopic (exact) mass is 447 g/mol. The fourth-order valence-electron chi connectivity index (χ4n) is 3.35. The number of nitrogens with zero attached hydrogens (tertiary/aromatic N) is 5. The van der Waals surface area contributed by atoms with E-state index in [1.165, 1.54) is 38.3 Å². The second kappa shape index (κ2) is 8.83. The van der Waals surface area contributed by atoms with Crippen LogP contribution in [0.25, 0.3) is 5.69 Å². The molecular weight excluding hydrogens is 422 g/mol. The van der Waals surface area contributed by atoms with Crippen molar-refractivity contribution in [3.63, 3.8) is 0 Å². The van der Waals surface area contributed by atoms with Gasteiger partial charge in [0, 0.05) is 27.2 Å². The highest BCUT2D eigenvalue weighted by Crippen LogP contribution is 2.31. The number of hydrogen-bond acceptors (Lipinski definition) is 7. The van der Waals surface area contributed by atoms with E-state index in [0.29, 0.717) is 11.5 Å². The first kappa shape index (κ1) is 21.0. The number of rotatable bonds is 7. The van der Waals surface area contributed by atoms with Crippen molar-refractivity contribution in [2.75, 3.05) is 32.1 Å². The van der Waals surface area contributed by atoms with Crippen molar-refractivity contribution in [3.05, 3.63) is 48.2 Å². The van der Waals surface area contributed by atoms with Gasteiger partial charge in [0.2, 0.25) is 11.0 Å². The predicted octanol–water partition coefficient (Wildman–Crippen LogP) is 3.39. The average Bonchev–Trinajstić information content (AvgIpc) is 3.41. The third kappa shape index (κ3) is 4.26. The summed E-state index contributed by atoms with van der Waals surface area (Å²) in [4.78, 5) is 2.28. The average molecular weight is 448 g/mol. The summed E-state index contributed by atoms with van der Waals surface area (Å²) in [5.74, 6) is 1.87. The van der Waals surface area contributed by atoms with Gasteiger partial charge in [-0.15, -0.1) is 10.2 Å². The lowest BCUT2D eigenvalue weighted by Gasteiger charge is -2.27. The van der Waals surface area contributed by atoms with Crippen LogP contribution >= 0.6 is 11.8 Å². The summed E-state index contributed by atoms with van der Waals surface area (Å²) >= 11 is 1.47. The molecule has 4 rings (SSSR count). The summed E-state index contributed by atoms with van der Waals surface area (Å²) in [5, 5.41) is 9.61. The molecule has 160 valence electrons. The summed E-state index contributed by atoms with van der Waals surface area (Å²) in [6.07, 6.45) is 3.55. The van der Waals surface area contributed by atoms with E-state index in [-0.39, 0.29) is 5.09 Å². The SMILES string of the molecule is CN(C)S(=O)(=O)c1ccc(CSc2nnc(N3CCCCC3)n2-c2ccccc2)o1. The van der Waals surface area contributed by atoms with Gasteiger partial charge in [-0.05, 0) is 43.5 Å². The molecule has 0 saturated carbocycles. The highest BCUT2D eigenvalue weighted by Gasteiger charge is 2.23. The van der Waals surface area contributed by atoms with Crippen LogP contribution in [0.4, 0.5) is 5.95 Å². The second-order valence-electron chi connectivity index (χ2n) is 7.30. The third-order valence-corrected chi connectivity index (χ3v) is 7.63. The molecule has 30 heavy (non-hydrogen) atoms. The highest BCUT2D eigenvalue weighted by atomic mass is 32.2. The van der Waals surface area contributed by atoms with E-state index in [4.69, 9.17) is 4.42 Å². The molecule has 0 unspecified atom stereocenters. The maximum atomic E-state index is 12.2. The highest BCUT2D eigenvalue weighted by molar-refractivity contribution is 7.98. The van der Waals surface area contributed by atoms with E-state index in [1.54, 1.807) is 6.07 Å². The fraction of sp³-hybridized carbons (Fsp3) is 0.400. The molecule has 0 N–H and O–H groups in total. The van der Waals surface area contributed by atoms with Gasteiger partial charge in [0.05, 0.1) is 11.4 Å². The molecule has 3 aromatic rings. The molecule has 1 fully saturated rings. The van der Waals surface area contributed by atoms with Crippen LogP contribution in [0, 0.1) is 0 Å². The molecule has 3 heterocycles. The van der Waals surface area contributed by atoms with Crippen LogP contribution in [0.3, 0.4) is 0 Å². The Labute approximate surface area is 180 Å². The first-order valence-corrected chi connectivity index (χ1v) is 12.3. The van der Waals surface area contributed by atoms with Crippen LogP contribution in [-0.2, 0) is 15.8 Å². The van der Waals surface area contributed by atoms with Crippen molar-refractivity contribution in [2.24, 2.45) is 0 Å². The molecule has 8 nitrogen and oxygen atoms in total. The number of anilines is 1. The van der Waals surface area contributed by atoms with E-state index in [1.807, 2.05) is 30.3 Å². The van der Waals surface area contributed by atoms with Crippen molar-refractivity contribution in [1.29, 1.82) is 0 Å². The van der Waals surface area contributed by atoms with E-state index < -0.39 is 10.0 Å². The Balaban J connectivity index is 1.59. The van der Waals surface area contributed by atoms with E-state index in [9.17, 15) is 8.42 Å². The first-order valence-electron chi connectivity index (χ1n) is 9.86. The summed E-state index contributed by atoms with van der Waals surface area (Å²) in [6, 6.07) is 13.2. The number of aromatic nitrogens is 3. The van der Waals surface area contributed by atoms with Crippen LogP contribution in [0.15, 0.2) is 57.1 Å². The minimum Gasteiger partial charge on any atom is -0.447 e. The van der Waals surface area contributed by atoms with Gasteiger partial charge < -0.3 is 9.32 Å². The van der Waals surface area contributed by atoms with Crippen LogP contribution in [0.5, 0.6) is 0 Å². The zero-order chi connectivity index (χ0) is 21.1. The molecule has 0 spiro atoms. The molecule has 0 radical (unpaired) electrons. The fourth-order valence-corrected chi connectivity index (χ4v) is 5.00. The number of benzene rings is 1. The second-order valence-corrected chi connectivity index (χ2v) is 10.3. The lowest BCUT2D eigenvalue weighted by Crippen LogP contribution is -2.31. The summed E-state index contributed by atoms with van der Waals surface area (Å²) in [7, 11) is -0.617. The largest absolute Gasteiger partial charge is 0.447 e. The lowest BCUT2D eigenvalue weighted by atomic mass is 10.1.